The van der Waals surface area contributed by atoms with E-state index in [-0.39, 0.29) is 6.10 Å². The van der Waals surface area contributed by atoms with Crippen LogP contribution in [0.25, 0.3) is 0 Å². The van der Waals surface area contributed by atoms with E-state index in [1.807, 2.05) is 12.1 Å². The van der Waals surface area contributed by atoms with E-state index in [9.17, 15) is 5.11 Å². The van der Waals surface area contributed by atoms with Crippen LogP contribution in [0.15, 0.2) is 50.5 Å². The van der Waals surface area contributed by atoms with Crippen molar-refractivity contribution in [3.05, 3.63) is 51.1 Å². The fourth-order valence-electron chi connectivity index (χ4n) is 1.57. The maximum atomic E-state index is 9.94. The van der Waals surface area contributed by atoms with Gasteiger partial charge in [0.1, 0.15) is 0 Å². The number of halogens is 1. The van der Waals surface area contributed by atoms with Crippen molar-refractivity contribution in [2.45, 2.75) is 23.8 Å². The number of thioether (sulfide) groups is 1. The highest BCUT2D eigenvalue weighted by Crippen LogP contribution is 2.22. The topological polar surface area (TPSA) is 20.2 Å². The second-order valence-electron chi connectivity index (χ2n) is 4.09. The van der Waals surface area contributed by atoms with Gasteiger partial charge >= 0.3 is 0 Å². The quantitative estimate of drug-likeness (QED) is 0.774. The van der Waals surface area contributed by atoms with Gasteiger partial charge in [0.15, 0.2) is 0 Å². The van der Waals surface area contributed by atoms with Crippen LogP contribution in [0, 0.1) is 0 Å². The van der Waals surface area contributed by atoms with E-state index < -0.39 is 0 Å². The summed E-state index contributed by atoms with van der Waals surface area (Å²) < 4.78 is 1.09. The summed E-state index contributed by atoms with van der Waals surface area (Å²) in [7, 11) is 0. The van der Waals surface area contributed by atoms with E-state index >= 15 is 0 Å². The number of thiophene rings is 1. The third-order valence-electron chi connectivity index (χ3n) is 2.60. The first-order valence-corrected chi connectivity index (χ1v) is 8.53. The maximum absolute atomic E-state index is 9.94. The fraction of sp³-hybridized carbons (Fsp3) is 0.286. The van der Waals surface area contributed by atoms with Crippen molar-refractivity contribution >= 4 is 39.0 Å². The third-order valence-corrected chi connectivity index (χ3v) is 5.02. The molecule has 1 N–H and O–H groups in total. The monoisotopic (exact) mass is 342 g/mol. The summed E-state index contributed by atoms with van der Waals surface area (Å²) in [5.41, 5.74) is 1.33. The Hall–Kier alpha value is -0.290. The van der Waals surface area contributed by atoms with Crippen LogP contribution in [0.4, 0.5) is 0 Å². The van der Waals surface area contributed by atoms with Gasteiger partial charge in [-0.05, 0) is 59.5 Å². The summed E-state index contributed by atoms with van der Waals surface area (Å²) in [4.78, 5) is 1.20. The average molecular weight is 343 g/mol. The highest BCUT2D eigenvalue weighted by molar-refractivity contribution is 9.10. The Balaban J connectivity index is 1.71. The van der Waals surface area contributed by atoms with Gasteiger partial charge in [-0.25, -0.2) is 0 Å². The first kappa shape index (κ1) is 14.1. The van der Waals surface area contributed by atoms with Crippen molar-refractivity contribution < 1.29 is 5.11 Å². The van der Waals surface area contributed by atoms with Gasteiger partial charge in [-0.1, -0.05) is 15.9 Å². The van der Waals surface area contributed by atoms with Gasteiger partial charge in [-0.3, -0.25) is 0 Å². The van der Waals surface area contributed by atoms with E-state index in [0.29, 0.717) is 0 Å². The van der Waals surface area contributed by atoms with Crippen molar-refractivity contribution in [3.8, 4) is 0 Å². The molecule has 0 saturated heterocycles. The molecule has 1 unspecified atom stereocenters. The van der Waals surface area contributed by atoms with E-state index in [1.54, 1.807) is 23.1 Å². The molecule has 1 atom stereocenters. The molecule has 0 aliphatic carbocycles. The molecule has 0 amide bonds. The molecule has 0 fully saturated rings. The van der Waals surface area contributed by atoms with Crippen LogP contribution in [0.1, 0.15) is 12.0 Å². The first-order valence-electron chi connectivity index (χ1n) is 5.81. The summed E-state index contributed by atoms with van der Waals surface area (Å²) in [6.07, 6.45) is 1.56. The van der Waals surface area contributed by atoms with Crippen molar-refractivity contribution in [2.24, 2.45) is 0 Å². The second-order valence-corrected chi connectivity index (χ2v) is 6.88. The van der Waals surface area contributed by atoms with Crippen molar-refractivity contribution in [1.29, 1.82) is 0 Å². The summed E-state index contributed by atoms with van der Waals surface area (Å²) >= 11 is 6.83. The predicted octanol–water partition coefficient (Wildman–Crippen LogP) is 4.60. The molecule has 1 aromatic carbocycles. The number of aryl methyl sites for hydroxylation is 1. The largest absolute Gasteiger partial charge is 0.392 e. The Kier molecular flexibility index (Phi) is 5.76. The molecule has 0 radical (unpaired) electrons. The minimum Gasteiger partial charge on any atom is -0.392 e. The zero-order chi connectivity index (χ0) is 12.8. The summed E-state index contributed by atoms with van der Waals surface area (Å²) in [6, 6.07) is 10.3. The molecule has 1 nitrogen and oxygen atoms in total. The molecule has 0 aliphatic heterocycles. The maximum Gasteiger partial charge on any atom is 0.0637 e. The van der Waals surface area contributed by atoms with E-state index in [4.69, 9.17) is 0 Å². The van der Waals surface area contributed by atoms with Crippen molar-refractivity contribution in [1.82, 2.24) is 0 Å². The van der Waals surface area contributed by atoms with Crippen LogP contribution >= 0.6 is 39.0 Å². The summed E-state index contributed by atoms with van der Waals surface area (Å²) in [5, 5.41) is 14.2. The standard InChI is InChI=1S/C14H15BrOS2/c15-12-2-5-14(6-3-12)18-10-13(16)4-1-11-7-8-17-9-11/h2-3,5-9,13,16H,1,4,10H2. The molecular weight excluding hydrogens is 328 g/mol. The number of benzene rings is 1. The van der Waals surface area contributed by atoms with E-state index in [2.05, 4.69) is 44.9 Å². The molecule has 96 valence electrons. The summed E-state index contributed by atoms with van der Waals surface area (Å²) in [6.45, 7) is 0. The SMILES string of the molecule is OC(CCc1ccsc1)CSc1ccc(Br)cc1. The Morgan fingerprint density at radius 3 is 2.67 bits per heavy atom. The van der Waals surface area contributed by atoms with E-state index in [0.717, 1.165) is 23.1 Å². The Bertz CT molecular complexity index is 453. The van der Waals surface area contributed by atoms with Gasteiger partial charge in [-0.2, -0.15) is 11.3 Å². The lowest BCUT2D eigenvalue weighted by Crippen LogP contribution is -2.10. The first-order chi connectivity index (χ1) is 8.74. The molecule has 1 heterocycles. The summed E-state index contributed by atoms with van der Waals surface area (Å²) in [5.74, 6) is 0.756. The van der Waals surface area contributed by atoms with Gasteiger partial charge in [0.25, 0.3) is 0 Å². The minimum atomic E-state index is -0.237. The van der Waals surface area contributed by atoms with Gasteiger partial charge in [0.2, 0.25) is 0 Å². The van der Waals surface area contributed by atoms with Crippen LogP contribution in [0.2, 0.25) is 0 Å². The van der Waals surface area contributed by atoms with Crippen LogP contribution in [0.5, 0.6) is 0 Å². The van der Waals surface area contributed by atoms with Crippen LogP contribution in [-0.4, -0.2) is 17.0 Å². The predicted molar refractivity (Wildman–Crippen MR) is 83.5 cm³/mol. The van der Waals surface area contributed by atoms with Crippen molar-refractivity contribution in [3.63, 3.8) is 0 Å². The van der Waals surface area contributed by atoms with Gasteiger partial charge in [0.05, 0.1) is 6.10 Å². The Morgan fingerprint density at radius 2 is 2.00 bits per heavy atom. The van der Waals surface area contributed by atoms with Gasteiger partial charge < -0.3 is 5.11 Å². The van der Waals surface area contributed by atoms with Crippen LogP contribution in [0.3, 0.4) is 0 Å². The molecule has 0 spiro atoms. The molecule has 2 aromatic rings. The van der Waals surface area contributed by atoms with Gasteiger partial charge in [0, 0.05) is 15.1 Å². The lowest BCUT2D eigenvalue weighted by molar-refractivity contribution is 0.189. The highest BCUT2D eigenvalue weighted by atomic mass is 79.9. The Labute approximate surface area is 124 Å². The molecule has 0 aliphatic rings. The lowest BCUT2D eigenvalue weighted by Gasteiger charge is -2.09. The molecule has 18 heavy (non-hydrogen) atoms. The molecule has 0 bridgehead atoms. The number of rotatable bonds is 6. The Morgan fingerprint density at radius 1 is 1.22 bits per heavy atom. The number of hydrogen-bond donors (Lipinski definition) is 1. The zero-order valence-corrected chi connectivity index (χ0v) is 13.1. The molecule has 1 aromatic heterocycles. The minimum absolute atomic E-state index is 0.237. The average Bonchev–Trinajstić information content (AvgIpc) is 2.89. The highest BCUT2D eigenvalue weighted by Gasteiger charge is 2.06. The third kappa shape index (κ3) is 4.76. The van der Waals surface area contributed by atoms with E-state index in [1.165, 1.54) is 10.5 Å². The molecule has 2 rings (SSSR count). The smallest absolute Gasteiger partial charge is 0.0637 e. The normalized spacial score (nSPS) is 12.6. The number of aliphatic hydroxyl groups is 1. The number of hydrogen-bond acceptors (Lipinski definition) is 3. The second kappa shape index (κ2) is 7.34. The number of aliphatic hydroxyl groups excluding tert-OH is 1. The van der Waals surface area contributed by atoms with Crippen LogP contribution in [-0.2, 0) is 6.42 Å². The molecule has 4 heteroatoms. The zero-order valence-electron chi connectivity index (χ0n) is 9.88. The van der Waals surface area contributed by atoms with Gasteiger partial charge in [-0.15, -0.1) is 11.8 Å². The lowest BCUT2D eigenvalue weighted by atomic mass is 10.1. The fourth-order valence-corrected chi connectivity index (χ4v) is 3.42. The van der Waals surface area contributed by atoms with Crippen molar-refractivity contribution in [2.75, 3.05) is 5.75 Å². The van der Waals surface area contributed by atoms with Crippen LogP contribution < -0.4 is 0 Å². The molecular formula is C14H15BrOS2. The molecule has 0 saturated carbocycles.